The summed E-state index contributed by atoms with van der Waals surface area (Å²) in [7, 11) is -1.97. The van der Waals surface area contributed by atoms with E-state index in [2.05, 4.69) is 5.32 Å². The van der Waals surface area contributed by atoms with E-state index in [1.165, 1.54) is 0 Å². The molecule has 0 unspecified atom stereocenters. The van der Waals surface area contributed by atoms with E-state index in [4.69, 9.17) is 4.74 Å². The molecule has 1 N–H and O–H groups in total. The third kappa shape index (κ3) is 5.73. The van der Waals surface area contributed by atoms with Crippen LogP contribution in [0.1, 0.15) is 24.5 Å². The summed E-state index contributed by atoms with van der Waals surface area (Å²) in [4.78, 5) is 12.6. The summed E-state index contributed by atoms with van der Waals surface area (Å²) in [5, 5.41) is 2.84. The number of nitrogens with zero attached hydrogens (tertiary/aromatic N) is 1. The van der Waals surface area contributed by atoms with Crippen molar-refractivity contribution >= 4 is 21.6 Å². The topological polar surface area (TPSA) is 75.7 Å². The number of carbonyl (C=O) groups excluding carboxylic acids is 1. The Labute approximate surface area is 167 Å². The number of para-hydroxylation sites is 1. The minimum atomic E-state index is -3.60. The highest BCUT2D eigenvalue weighted by Crippen LogP contribution is 2.21. The van der Waals surface area contributed by atoms with Gasteiger partial charge in [0.05, 0.1) is 19.1 Å². The molecule has 6 nitrogen and oxygen atoms in total. The van der Waals surface area contributed by atoms with Crippen molar-refractivity contribution < 1.29 is 17.9 Å². The monoisotopic (exact) mass is 404 g/mol. The smallest absolute Gasteiger partial charge is 0.243 e. The summed E-state index contributed by atoms with van der Waals surface area (Å²) in [6, 6.07) is 14.0. The lowest BCUT2D eigenvalue weighted by Crippen LogP contribution is -2.48. The molecule has 152 valence electrons. The second-order valence-electron chi connectivity index (χ2n) is 6.78. The average Bonchev–Trinajstić information content (AvgIpc) is 2.66. The van der Waals surface area contributed by atoms with Crippen molar-refractivity contribution in [2.75, 3.05) is 24.2 Å². The van der Waals surface area contributed by atoms with Crippen molar-refractivity contribution in [3.63, 3.8) is 0 Å². The molecule has 2 aromatic rings. The van der Waals surface area contributed by atoms with Gasteiger partial charge in [0, 0.05) is 6.54 Å². The van der Waals surface area contributed by atoms with E-state index in [9.17, 15) is 13.2 Å². The summed E-state index contributed by atoms with van der Waals surface area (Å²) >= 11 is 0. The van der Waals surface area contributed by atoms with Gasteiger partial charge in [-0.25, -0.2) is 8.42 Å². The van der Waals surface area contributed by atoms with Gasteiger partial charge in [0.1, 0.15) is 11.8 Å². The molecule has 0 radical (unpaired) electrons. The van der Waals surface area contributed by atoms with Gasteiger partial charge in [-0.2, -0.15) is 0 Å². The molecule has 0 saturated heterocycles. The van der Waals surface area contributed by atoms with Crippen molar-refractivity contribution in [2.24, 2.45) is 0 Å². The molecule has 7 heteroatoms. The maximum absolute atomic E-state index is 12.6. The molecule has 1 atom stereocenters. The van der Waals surface area contributed by atoms with Crippen molar-refractivity contribution in [1.82, 2.24) is 5.32 Å². The molecule has 28 heavy (non-hydrogen) atoms. The Hall–Kier alpha value is -2.54. The highest BCUT2D eigenvalue weighted by molar-refractivity contribution is 7.92. The van der Waals surface area contributed by atoms with Crippen molar-refractivity contribution in [2.45, 2.75) is 32.7 Å². The van der Waals surface area contributed by atoms with Gasteiger partial charge >= 0.3 is 0 Å². The van der Waals surface area contributed by atoms with Gasteiger partial charge in [-0.05, 0) is 50.5 Å². The van der Waals surface area contributed by atoms with Crippen LogP contribution in [0.5, 0.6) is 5.75 Å². The van der Waals surface area contributed by atoms with E-state index in [1.807, 2.05) is 43.3 Å². The predicted octanol–water partition coefficient (Wildman–Crippen LogP) is 2.91. The molecule has 0 bridgehead atoms. The molecule has 0 saturated carbocycles. The van der Waals surface area contributed by atoms with Gasteiger partial charge in [0.2, 0.25) is 15.9 Å². The second kappa shape index (κ2) is 9.59. The first-order valence-electron chi connectivity index (χ1n) is 9.19. The number of rotatable bonds is 9. The van der Waals surface area contributed by atoms with E-state index >= 15 is 0 Å². The zero-order valence-electron chi connectivity index (χ0n) is 16.8. The molecule has 2 rings (SSSR count). The first-order chi connectivity index (χ1) is 13.2. The number of methoxy groups -OCH3 is 1. The number of benzene rings is 2. The van der Waals surface area contributed by atoms with Crippen molar-refractivity contribution in [1.29, 1.82) is 0 Å². The number of sulfonamides is 1. The Morgan fingerprint density at radius 2 is 1.79 bits per heavy atom. The van der Waals surface area contributed by atoms with Crippen LogP contribution in [0, 0.1) is 6.92 Å². The molecule has 0 aliphatic heterocycles. The Kier molecular flexibility index (Phi) is 7.45. The summed E-state index contributed by atoms with van der Waals surface area (Å²) in [5.41, 5.74) is 2.57. The molecular formula is C21H28N2O4S. The quantitative estimate of drug-likeness (QED) is 0.652. The van der Waals surface area contributed by atoms with Crippen LogP contribution in [0.15, 0.2) is 48.5 Å². The fourth-order valence-electron chi connectivity index (χ4n) is 3.05. The van der Waals surface area contributed by atoms with Crippen LogP contribution in [-0.4, -0.2) is 40.3 Å². The highest BCUT2D eigenvalue weighted by Gasteiger charge is 2.28. The second-order valence-corrected chi connectivity index (χ2v) is 8.64. The van der Waals surface area contributed by atoms with E-state index in [0.29, 0.717) is 12.2 Å². The zero-order chi connectivity index (χ0) is 20.7. The van der Waals surface area contributed by atoms with Crippen molar-refractivity contribution in [3.05, 3.63) is 59.7 Å². The number of nitrogens with one attached hydrogen (secondary N) is 1. The van der Waals surface area contributed by atoms with E-state index in [-0.39, 0.29) is 5.91 Å². The van der Waals surface area contributed by atoms with Crippen LogP contribution < -0.4 is 14.4 Å². The molecule has 0 aromatic heterocycles. The Morgan fingerprint density at radius 1 is 1.14 bits per heavy atom. The van der Waals surface area contributed by atoms with Crippen molar-refractivity contribution in [3.8, 4) is 5.75 Å². The summed E-state index contributed by atoms with van der Waals surface area (Å²) in [6.45, 7) is 3.97. The summed E-state index contributed by atoms with van der Waals surface area (Å²) in [5.74, 6) is 0.496. The average molecular weight is 405 g/mol. The number of hydrogen-bond donors (Lipinski definition) is 1. The van der Waals surface area contributed by atoms with E-state index < -0.39 is 16.1 Å². The standard InChI is InChI=1S/C21H28N2O4S/c1-16-11-13-19(14-12-16)23(28(4,25)26)17(2)21(24)22-15-7-9-18-8-5-6-10-20(18)27-3/h5-6,8,10-14,17H,7,9,15H2,1-4H3,(H,22,24)/t17-/m0/s1. The third-order valence-electron chi connectivity index (χ3n) is 4.49. The maximum Gasteiger partial charge on any atom is 0.243 e. The van der Waals surface area contributed by atoms with Crippen LogP contribution in [0.2, 0.25) is 0 Å². The van der Waals surface area contributed by atoms with Gasteiger partial charge in [-0.1, -0.05) is 35.9 Å². The Morgan fingerprint density at radius 3 is 2.39 bits per heavy atom. The molecule has 1 amide bonds. The Balaban J connectivity index is 1.98. The van der Waals surface area contributed by atoms with Crippen LogP contribution in [-0.2, 0) is 21.2 Å². The third-order valence-corrected chi connectivity index (χ3v) is 5.73. The number of hydrogen-bond acceptors (Lipinski definition) is 4. The largest absolute Gasteiger partial charge is 0.496 e. The lowest BCUT2D eigenvalue weighted by atomic mass is 10.1. The van der Waals surface area contributed by atoms with Gasteiger partial charge in [-0.15, -0.1) is 0 Å². The van der Waals surface area contributed by atoms with Crippen LogP contribution in [0.4, 0.5) is 5.69 Å². The molecule has 0 aliphatic rings. The predicted molar refractivity (Wildman–Crippen MR) is 112 cm³/mol. The van der Waals surface area contributed by atoms with Crippen LogP contribution in [0.25, 0.3) is 0 Å². The zero-order valence-corrected chi connectivity index (χ0v) is 17.6. The number of ether oxygens (including phenoxy) is 1. The lowest BCUT2D eigenvalue weighted by molar-refractivity contribution is -0.121. The minimum Gasteiger partial charge on any atom is -0.496 e. The maximum atomic E-state index is 12.6. The lowest BCUT2D eigenvalue weighted by Gasteiger charge is -2.28. The summed E-state index contributed by atoms with van der Waals surface area (Å²) in [6.07, 6.45) is 2.59. The van der Waals surface area contributed by atoms with Crippen LogP contribution in [0.3, 0.4) is 0 Å². The first kappa shape index (κ1) is 21.8. The molecule has 0 fully saturated rings. The fraction of sp³-hybridized carbons (Fsp3) is 0.381. The molecule has 0 spiro atoms. The van der Waals surface area contributed by atoms with Gasteiger partial charge in [0.15, 0.2) is 0 Å². The van der Waals surface area contributed by atoms with Crippen LogP contribution >= 0.6 is 0 Å². The fourth-order valence-corrected chi connectivity index (χ4v) is 4.22. The Bertz CT molecular complexity index is 895. The summed E-state index contributed by atoms with van der Waals surface area (Å²) < 4.78 is 31.0. The first-order valence-corrected chi connectivity index (χ1v) is 11.0. The van der Waals surface area contributed by atoms with Gasteiger partial charge < -0.3 is 10.1 Å². The molecule has 0 heterocycles. The number of aryl methyl sites for hydroxylation is 2. The van der Waals surface area contributed by atoms with Gasteiger partial charge in [-0.3, -0.25) is 9.10 Å². The normalized spacial score (nSPS) is 12.3. The minimum absolute atomic E-state index is 0.328. The van der Waals surface area contributed by atoms with Gasteiger partial charge in [0.25, 0.3) is 0 Å². The number of anilines is 1. The molecule has 2 aromatic carbocycles. The highest BCUT2D eigenvalue weighted by atomic mass is 32.2. The van der Waals surface area contributed by atoms with E-state index in [0.717, 1.165) is 40.3 Å². The SMILES string of the molecule is COc1ccccc1CCCNC(=O)[C@H](C)N(c1ccc(C)cc1)S(C)(=O)=O. The number of carbonyl (C=O) groups is 1. The van der Waals surface area contributed by atoms with E-state index in [1.54, 1.807) is 26.2 Å². The molecule has 0 aliphatic carbocycles. The number of amides is 1. The molecular weight excluding hydrogens is 376 g/mol.